The van der Waals surface area contributed by atoms with Crippen molar-refractivity contribution in [2.24, 2.45) is 0 Å². The van der Waals surface area contributed by atoms with Crippen LogP contribution in [0.3, 0.4) is 0 Å². The van der Waals surface area contributed by atoms with Crippen molar-refractivity contribution in [1.29, 1.82) is 0 Å². The molecule has 3 rings (SSSR count). The van der Waals surface area contributed by atoms with Crippen LogP contribution < -0.4 is 5.32 Å². The van der Waals surface area contributed by atoms with E-state index in [1.807, 2.05) is 12.1 Å². The number of anilines is 1. The highest BCUT2D eigenvalue weighted by Gasteiger charge is 2.17. The molecule has 0 atom stereocenters. The van der Waals surface area contributed by atoms with Crippen LogP contribution in [-0.4, -0.2) is 10.4 Å². The molecule has 1 aromatic heterocycles. The van der Waals surface area contributed by atoms with Gasteiger partial charge in [0.25, 0.3) is 0 Å². The van der Waals surface area contributed by atoms with Crippen molar-refractivity contribution in [3.8, 4) is 0 Å². The van der Waals surface area contributed by atoms with Gasteiger partial charge in [0.15, 0.2) is 0 Å². The lowest BCUT2D eigenvalue weighted by Crippen LogP contribution is -2.10. The molecule has 0 aliphatic heterocycles. The molecule has 0 spiro atoms. The molecule has 1 heterocycles. The Balaban J connectivity index is 2.29. The second-order valence-corrected chi connectivity index (χ2v) is 5.59. The molecular formula is C14H14BrClN2. The average Bonchev–Trinajstić information content (AvgIpc) is 2.38. The molecule has 0 saturated heterocycles. The smallest absolute Gasteiger partial charge is 0.0741 e. The van der Waals surface area contributed by atoms with Crippen molar-refractivity contribution in [3.05, 3.63) is 34.5 Å². The summed E-state index contributed by atoms with van der Waals surface area (Å²) in [6.07, 6.45) is 4.69. The number of hydrogen-bond donors (Lipinski definition) is 1. The van der Waals surface area contributed by atoms with Gasteiger partial charge in [-0.3, -0.25) is 4.98 Å². The highest BCUT2D eigenvalue weighted by atomic mass is 79.9. The molecule has 1 aromatic carbocycles. The first-order valence-corrected chi connectivity index (χ1v) is 7.70. The molecule has 18 heavy (non-hydrogen) atoms. The summed E-state index contributed by atoms with van der Waals surface area (Å²) in [5, 5.41) is 5.34. The fourth-order valence-corrected chi connectivity index (χ4v) is 3.11. The zero-order chi connectivity index (χ0) is 12.5. The minimum absolute atomic E-state index is 0.746. The van der Waals surface area contributed by atoms with Gasteiger partial charge in [-0.2, -0.15) is 0 Å². The molecule has 1 N–H and O–H groups in total. The van der Waals surface area contributed by atoms with Gasteiger partial charge < -0.3 is 5.32 Å². The van der Waals surface area contributed by atoms with Gasteiger partial charge in [0.1, 0.15) is 0 Å². The van der Waals surface area contributed by atoms with E-state index in [0.717, 1.165) is 28.8 Å². The Morgan fingerprint density at radius 3 is 2.94 bits per heavy atom. The minimum Gasteiger partial charge on any atom is -0.375 e. The second kappa shape index (κ2) is 5.06. The van der Waals surface area contributed by atoms with E-state index >= 15 is 0 Å². The van der Waals surface area contributed by atoms with Crippen molar-refractivity contribution in [1.82, 2.24) is 4.98 Å². The third-order valence-corrected chi connectivity index (χ3v) is 3.98. The summed E-state index contributed by atoms with van der Waals surface area (Å²) in [5.41, 5.74) is 5.59. The molecule has 1 aliphatic rings. The maximum Gasteiger partial charge on any atom is 0.0741 e. The quantitative estimate of drug-likeness (QED) is 0.648. The Bertz CT molecular complexity index is 598. The molecule has 94 valence electrons. The maximum absolute atomic E-state index is 6.06. The van der Waals surface area contributed by atoms with Crippen molar-refractivity contribution < 1.29 is 0 Å². The Kier molecular flexibility index (Phi) is 3.44. The molecule has 0 radical (unpaired) electrons. The molecule has 1 aliphatic carbocycles. The Morgan fingerprint density at radius 1 is 1.28 bits per heavy atom. The number of pyridine rings is 1. The Hall–Kier alpha value is -0.800. The molecule has 2 nitrogen and oxygen atoms in total. The van der Waals surface area contributed by atoms with E-state index in [0.29, 0.717) is 0 Å². The summed E-state index contributed by atoms with van der Waals surface area (Å²) in [6, 6.07) is 5.94. The van der Waals surface area contributed by atoms with Crippen LogP contribution in [0.25, 0.3) is 10.9 Å². The average molecular weight is 326 g/mol. The number of nitrogens with one attached hydrogen (secondary N) is 1. The van der Waals surface area contributed by atoms with Crippen molar-refractivity contribution >= 4 is 44.1 Å². The van der Waals surface area contributed by atoms with Crippen LogP contribution in [0.4, 0.5) is 5.69 Å². The lowest BCUT2D eigenvalue weighted by molar-refractivity contribution is 0.672. The standard InChI is InChI=1S/C14H14BrClN2/c15-8-17-14-10-3-1-2-4-12(10)18-13-7-9(16)5-6-11(13)14/h5-7H,1-4,8H2,(H,17,18). The number of aromatic nitrogens is 1. The van der Waals surface area contributed by atoms with E-state index in [2.05, 4.69) is 27.3 Å². The Morgan fingerprint density at radius 2 is 2.11 bits per heavy atom. The third kappa shape index (κ3) is 2.10. The highest BCUT2D eigenvalue weighted by molar-refractivity contribution is 9.09. The number of fused-ring (bicyclic) bond motifs is 2. The van der Waals surface area contributed by atoms with Crippen LogP contribution in [0.5, 0.6) is 0 Å². The van der Waals surface area contributed by atoms with Gasteiger partial charge in [0, 0.05) is 21.8 Å². The topological polar surface area (TPSA) is 24.9 Å². The molecule has 0 bridgehead atoms. The first kappa shape index (κ1) is 12.2. The molecule has 0 saturated carbocycles. The number of alkyl halides is 1. The number of benzene rings is 1. The summed E-state index contributed by atoms with van der Waals surface area (Å²) in [5.74, 6) is 0. The van der Waals surface area contributed by atoms with Gasteiger partial charge in [-0.15, -0.1) is 0 Å². The predicted molar refractivity (Wildman–Crippen MR) is 80.8 cm³/mol. The molecule has 2 aromatic rings. The van der Waals surface area contributed by atoms with E-state index in [4.69, 9.17) is 16.6 Å². The lowest BCUT2D eigenvalue weighted by Gasteiger charge is -2.21. The maximum atomic E-state index is 6.06. The number of hydrogen-bond acceptors (Lipinski definition) is 2. The van der Waals surface area contributed by atoms with Gasteiger partial charge >= 0.3 is 0 Å². The largest absolute Gasteiger partial charge is 0.375 e. The summed E-state index contributed by atoms with van der Waals surface area (Å²) in [6.45, 7) is 0. The summed E-state index contributed by atoms with van der Waals surface area (Å²) < 4.78 is 0. The molecule has 0 unspecified atom stereocenters. The monoisotopic (exact) mass is 324 g/mol. The third-order valence-electron chi connectivity index (χ3n) is 3.47. The van der Waals surface area contributed by atoms with Crippen LogP contribution >= 0.6 is 27.5 Å². The molecule has 0 fully saturated rings. The van der Waals surface area contributed by atoms with Gasteiger partial charge in [-0.25, -0.2) is 0 Å². The summed E-state index contributed by atoms with van der Waals surface area (Å²) >= 11 is 9.52. The van der Waals surface area contributed by atoms with Crippen molar-refractivity contribution in [2.45, 2.75) is 25.7 Å². The van der Waals surface area contributed by atoms with Crippen LogP contribution in [0.15, 0.2) is 18.2 Å². The van der Waals surface area contributed by atoms with Crippen molar-refractivity contribution in [3.63, 3.8) is 0 Å². The van der Waals surface area contributed by atoms with Crippen LogP contribution in [0.2, 0.25) is 5.02 Å². The first-order chi connectivity index (χ1) is 8.79. The SMILES string of the molecule is Clc1ccc2c(NCBr)c3c(nc2c1)CCCC3. The lowest BCUT2D eigenvalue weighted by atomic mass is 9.93. The summed E-state index contributed by atoms with van der Waals surface area (Å²) in [4.78, 5) is 4.78. The number of rotatable bonds is 2. The van der Waals surface area contributed by atoms with E-state index < -0.39 is 0 Å². The normalized spacial score (nSPS) is 14.6. The second-order valence-electron chi connectivity index (χ2n) is 4.59. The minimum atomic E-state index is 0.746. The fourth-order valence-electron chi connectivity index (χ4n) is 2.67. The van der Waals surface area contributed by atoms with E-state index in [1.165, 1.54) is 35.2 Å². The van der Waals surface area contributed by atoms with Crippen LogP contribution in [0, 0.1) is 0 Å². The number of halogens is 2. The van der Waals surface area contributed by atoms with Crippen LogP contribution in [0.1, 0.15) is 24.1 Å². The highest BCUT2D eigenvalue weighted by Crippen LogP contribution is 2.34. The van der Waals surface area contributed by atoms with Gasteiger partial charge in [-0.1, -0.05) is 27.5 Å². The van der Waals surface area contributed by atoms with E-state index in [-0.39, 0.29) is 0 Å². The fraction of sp³-hybridized carbons (Fsp3) is 0.357. The zero-order valence-corrected chi connectivity index (χ0v) is 12.3. The predicted octanol–water partition coefficient (Wildman–Crippen LogP) is 4.53. The van der Waals surface area contributed by atoms with Crippen LogP contribution in [-0.2, 0) is 12.8 Å². The van der Waals surface area contributed by atoms with E-state index in [9.17, 15) is 0 Å². The van der Waals surface area contributed by atoms with Gasteiger partial charge in [0.2, 0.25) is 0 Å². The molecular weight excluding hydrogens is 312 g/mol. The van der Waals surface area contributed by atoms with E-state index in [1.54, 1.807) is 0 Å². The van der Waals surface area contributed by atoms with Crippen molar-refractivity contribution in [2.75, 3.05) is 10.8 Å². The summed E-state index contributed by atoms with van der Waals surface area (Å²) in [7, 11) is 0. The Labute approximate surface area is 120 Å². The molecule has 4 heteroatoms. The molecule has 0 amide bonds. The van der Waals surface area contributed by atoms with Gasteiger partial charge in [-0.05, 0) is 49.4 Å². The zero-order valence-electron chi connectivity index (χ0n) is 9.97. The number of nitrogens with zero attached hydrogens (tertiary/aromatic N) is 1. The van der Waals surface area contributed by atoms with Gasteiger partial charge in [0.05, 0.1) is 11.0 Å². The first-order valence-electron chi connectivity index (χ1n) is 6.20. The number of aryl methyl sites for hydroxylation is 1.